The molecule has 1 aliphatic carbocycles. The Bertz CT molecular complexity index is 1190. The molecular formula is C27H30N3+. The van der Waals surface area contributed by atoms with Crippen molar-refractivity contribution in [1.82, 2.24) is 4.90 Å². The normalized spacial score (nSPS) is 18.7. The van der Waals surface area contributed by atoms with Crippen LogP contribution >= 0.6 is 0 Å². The van der Waals surface area contributed by atoms with Gasteiger partial charge in [-0.15, -0.1) is 0 Å². The van der Waals surface area contributed by atoms with E-state index in [2.05, 4.69) is 123 Å². The molecule has 1 aromatic heterocycles. The second-order valence-corrected chi connectivity index (χ2v) is 9.19. The van der Waals surface area contributed by atoms with Gasteiger partial charge < -0.3 is 4.90 Å². The fourth-order valence-electron chi connectivity index (χ4n) is 5.24. The number of fused-ring (bicyclic) bond motifs is 3. The summed E-state index contributed by atoms with van der Waals surface area (Å²) in [6, 6.07) is 20.1. The zero-order valence-corrected chi connectivity index (χ0v) is 18.8. The largest absolute Gasteiger partial charge is 0.339 e. The highest BCUT2D eigenvalue weighted by atomic mass is 15.4. The number of benzene rings is 2. The quantitative estimate of drug-likeness (QED) is 0.540. The van der Waals surface area contributed by atoms with Crippen LogP contribution in [-0.2, 0) is 12.5 Å². The number of aryl methyl sites for hydroxylation is 1. The van der Waals surface area contributed by atoms with Crippen molar-refractivity contribution in [2.24, 2.45) is 7.05 Å². The fraction of sp³-hybridized carbons (Fsp3) is 0.296. The van der Waals surface area contributed by atoms with Gasteiger partial charge in [0.25, 0.3) is 5.82 Å². The SMILES string of the molecule is Cc1ccccc1-c1c2c(cc(N3C=CN(C)[C@@H]3C)[n+]1C)-c1ccccc1C2(C)C. The fourth-order valence-corrected chi connectivity index (χ4v) is 5.24. The Morgan fingerprint density at radius 2 is 1.57 bits per heavy atom. The minimum atomic E-state index is -0.0525. The van der Waals surface area contributed by atoms with Gasteiger partial charge in [0.2, 0.25) is 0 Å². The van der Waals surface area contributed by atoms with Gasteiger partial charge in [0.15, 0.2) is 6.17 Å². The Hall–Kier alpha value is -3.07. The van der Waals surface area contributed by atoms with Gasteiger partial charge in [0, 0.05) is 35.9 Å². The topological polar surface area (TPSA) is 10.4 Å². The third kappa shape index (κ3) is 2.48. The molecule has 0 bridgehead atoms. The predicted octanol–water partition coefficient (Wildman–Crippen LogP) is 5.36. The van der Waals surface area contributed by atoms with E-state index in [1.54, 1.807) is 0 Å². The van der Waals surface area contributed by atoms with Gasteiger partial charge >= 0.3 is 0 Å². The van der Waals surface area contributed by atoms with Gasteiger partial charge in [0.1, 0.15) is 11.9 Å². The van der Waals surface area contributed by atoms with Crippen molar-refractivity contribution in [3.63, 3.8) is 0 Å². The maximum absolute atomic E-state index is 2.40. The zero-order valence-electron chi connectivity index (χ0n) is 18.8. The summed E-state index contributed by atoms with van der Waals surface area (Å²) in [5, 5.41) is 0. The number of pyridine rings is 1. The Morgan fingerprint density at radius 1 is 0.900 bits per heavy atom. The third-order valence-electron chi connectivity index (χ3n) is 7.09. The van der Waals surface area contributed by atoms with Gasteiger partial charge in [-0.05, 0) is 36.1 Å². The lowest BCUT2D eigenvalue weighted by molar-refractivity contribution is -0.648. The van der Waals surface area contributed by atoms with Crippen LogP contribution in [0.1, 0.15) is 37.5 Å². The summed E-state index contributed by atoms with van der Waals surface area (Å²) in [5.74, 6) is 1.22. The molecule has 3 nitrogen and oxygen atoms in total. The molecule has 0 saturated carbocycles. The van der Waals surface area contributed by atoms with Crippen molar-refractivity contribution in [3.8, 4) is 22.4 Å². The Labute approximate surface area is 179 Å². The summed E-state index contributed by atoms with van der Waals surface area (Å²) < 4.78 is 2.40. The summed E-state index contributed by atoms with van der Waals surface area (Å²) in [7, 11) is 4.35. The molecule has 0 fully saturated rings. The zero-order chi connectivity index (χ0) is 21.2. The first-order valence-corrected chi connectivity index (χ1v) is 10.7. The first-order chi connectivity index (χ1) is 14.3. The molecule has 30 heavy (non-hydrogen) atoms. The molecule has 0 saturated heterocycles. The second kappa shape index (κ2) is 6.46. The molecule has 2 heterocycles. The van der Waals surface area contributed by atoms with Crippen molar-refractivity contribution < 1.29 is 4.57 Å². The molecule has 0 amide bonds. The van der Waals surface area contributed by atoms with Crippen molar-refractivity contribution in [2.75, 3.05) is 11.9 Å². The summed E-state index contributed by atoms with van der Waals surface area (Å²) in [5.41, 5.74) is 9.43. The molecule has 1 aliphatic heterocycles. The van der Waals surface area contributed by atoms with Crippen LogP contribution in [0.15, 0.2) is 67.0 Å². The highest BCUT2D eigenvalue weighted by Crippen LogP contribution is 2.52. The van der Waals surface area contributed by atoms with E-state index in [4.69, 9.17) is 0 Å². The van der Waals surface area contributed by atoms with Crippen LogP contribution in [0, 0.1) is 6.92 Å². The Balaban J connectivity index is 1.88. The van der Waals surface area contributed by atoms with Crippen LogP contribution in [0.3, 0.4) is 0 Å². The molecule has 2 aliphatic rings. The molecule has 3 aromatic rings. The van der Waals surface area contributed by atoms with Crippen LogP contribution in [0.2, 0.25) is 0 Å². The lowest BCUT2D eigenvalue weighted by Crippen LogP contribution is -2.45. The van der Waals surface area contributed by atoms with E-state index in [9.17, 15) is 0 Å². The second-order valence-electron chi connectivity index (χ2n) is 9.19. The summed E-state index contributed by atoms with van der Waals surface area (Å²) >= 11 is 0. The van der Waals surface area contributed by atoms with Crippen molar-refractivity contribution >= 4 is 5.82 Å². The molecule has 5 rings (SSSR count). The van der Waals surface area contributed by atoms with E-state index in [1.807, 2.05) is 0 Å². The number of aromatic nitrogens is 1. The molecule has 152 valence electrons. The smallest absolute Gasteiger partial charge is 0.283 e. The van der Waals surface area contributed by atoms with Crippen LogP contribution in [0.25, 0.3) is 22.4 Å². The number of nitrogens with zero attached hydrogens (tertiary/aromatic N) is 3. The van der Waals surface area contributed by atoms with E-state index in [0.29, 0.717) is 0 Å². The van der Waals surface area contributed by atoms with Gasteiger partial charge in [-0.2, -0.15) is 0 Å². The summed E-state index contributed by atoms with van der Waals surface area (Å²) in [6.07, 6.45) is 4.63. The van der Waals surface area contributed by atoms with Crippen molar-refractivity contribution in [1.29, 1.82) is 0 Å². The van der Waals surface area contributed by atoms with Gasteiger partial charge in [-0.3, -0.25) is 0 Å². The molecular weight excluding hydrogens is 366 g/mol. The van der Waals surface area contributed by atoms with Gasteiger partial charge in [-0.25, -0.2) is 9.47 Å². The molecule has 0 N–H and O–H groups in total. The maximum atomic E-state index is 2.40. The van der Waals surface area contributed by atoms with Crippen LogP contribution in [-0.4, -0.2) is 18.1 Å². The lowest BCUT2D eigenvalue weighted by atomic mass is 9.80. The van der Waals surface area contributed by atoms with Crippen molar-refractivity contribution in [2.45, 2.75) is 39.3 Å². The highest BCUT2D eigenvalue weighted by Gasteiger charge is 2.42. The Kier molecular flexibility index (Phi) is 4.08. The molecule has 0 unspecified atom stereocenters. The Morgan fingerprint density at radius 3 is 2.23 bits per heavy atom. The number of anilines is 1. The monoisotopic (exact) mass is 396 g/mol. The van der Waals surface area contributed by atoms with E-state index in [-0.39, 0.29) is 11.6 Å². The van der Waals surface area contributed by atoms with E-state index in [1.165, 1.54) is 44.9 Å². The van der Waals surface area contributed by atoms with E-state index in [0.717, 1.165) is 0 Å². The summed E-state index contributed by atoms with van der Waals surface area (Å²) in [6.45, 7) is 9.20. The first-order valence-electron chi connectivity index (χ1n) is 10.7. The van der Waals surface area contributed by atoms with Crippen LogP contribution in [0.5, 0.6) is 0 Å². The molecule has 2 aromatic carbocycles. The van der Waals surface area contributed by atoms with Crippen LogP contribution < -0.4 is 9.47 Å². The molecule has 3 heteroatoms. The van der Waals surface area contributed by atoms with Gasteiger partial charge in [-0.1, -0.05) is 62.4 Å². The minimum Gasteiger partial charge on any atom is -0.339 e. The maximum Gasteiger partial charge on any atom is 0.283 e. The third-order valence-corrected chi connectivity index (χ3v) is 7.09. The van der Waals surface area contributed by atoms with E-state index < -0.39 is 0 Å². The number of hydrogen-bond acceptors (Lipinski definition) is 2. The first kappa shape index (κ1) is 18.9. The number of hydrogen-bond donors (Lipinski definition) is 0. The van der Waals surface area contributed by atoms with Crippen LogP contribution in [0.4, 0.5) is 5.82 Å². The molecule has 0 spiro atoms. The highest BCUT2D eigenvalue weighted by molar-refractivity contribution is 5.87. The average Bonchev–Trinajstić information content (AvgIpc) is 3.17. The molecule has 1 atom stereocenters. The predicted molar refractivity (Wildman–Crippen MR) is 124 cm³/mol. The minimum absolute atomic E-state index is 0.0525. The average molecular weight is 397 g/mol. The van der Waals surface area contributed by atoms with E-state index >= 15 is 0 Å². The number of rotatable bonds is 2. The standard InChI is InChI=1S/C27H30N3/c1-18-11-7-8-12-20(18)26-25-22(21-13-9-10-14-23(21)27(25,3)4)17-24(29(26)6)30-16-15-28(5)19(30)2/h7-17,19H,1-6H3/q+1/t19-/m0/s1. The lowest BCUT2D eigenvalue weighted by Gasteiger charge is -2.27. The van der Waals surface area contributed by atoms with Gasteiger partial charge in [0.05, 0.1) is 7.05 Å². The van der Waals surface area contributed by atoms with Crippen molar-refractivity contribution in [3.05, 3.63) is 83.7 Å². The summed E-state index contributed by atoms with van der Waals surface area (Å²) in [4.78, 5) is 4.62. The molecule has 0 radical (unpaired) electrons.